The summed E-state index contributed by atoms with van der Waals surface area (Å²) < 4.78 is 26.1. The van der Waals surface area contributed by atoms with Crippen LogP contribution in [0.15, 0.2) is 17.3 Å². The summed E-state index contributed by atoms with van der Waals surface area (Å²) >= 11 is 3.28. The van der Waals surface area contributed by atoms with E-state index < -0.39 is 10.0 Å². The van der Waals surface area contributed by atoms with Crippen molar-refractivity contribution in [3.05, 3.63) is 12.3 Å². The standard InChI is InChI=1S/C8H14BrN3O2S/c1-6(2)7(5-9)12-15(13,14)8-3-4-10-11-8/h3-4,6-7,12H,5H2,1-2H3,(H,10,11). The number of nitrogens with zero attached hydrogens (tertiary/aromatic N) is 1. The summed E-state index contributed by atoms with van der Waals surface area (Å²) in [7, 11) is -3.47. The van der Waals surface area contributed by atoms with E-state index >= 15 is 0 Å². The molecular formula is C8H14BrN3O2S. The molecule has 15 heavy (non-hydrogen) atoms. The fraction of sp³-hybridized carbons (Fsp3) is 0.625. The lowest BCUT2D eigenvalue weighted by molar-refractivity contribution is 0.482. The first kappa shape index (κ1) is 12.7. The third-order valence-corrected chi connectivity index (χ3v) is 4.16. The van der Waals surface area contributed by atoms with E-state index in [1.54, 1.807) is 0 Å². The van der Waals surface area contributed by atoms with E-state index in [1.165, 1.54) is 12.3 Å². The zero-order valence-electron chi connectivity index (χ0n) is 8.57. The number of rotatable bonds is 5. The minimum atomic E-state index is -3.47. The van der Waals surface area contributed by atoms with Crippen molar-refractivity contribution in [1.29, 1.82) is 0 Å². The lowest BCUT2D eigenvalue weighted by Gasteiger charge is -2.18. The highest BCUT2D eigenvalue weighted by Crippen LogP contribution is 2.10. The molecule has 0 fully saturated rings. The number of aromatic nitrogens is 2. The normalized spacial score (nSPS) is 14.4. The lowest BCUT2D eigenvalue weighted by atomic mass is 10.1. The van der Waals surface area contributed by atoms with Crippen molar-refractivity contribution in [1.82, 2.24) is 14.9 Å². The maximum atomic E-state index is 11.8. The molecular weight excluding hydrogens is 282 g/mol. The molecule has 0 aliphatic carbocycles. The highest BCUT2D eigenvalue weighted by molar-refractivity contribution is 9.09. The predicted octanol–water partition coefficient (Wildman–Crippen LogP) is 1.11. The molecule has 0 radical (unpaired) electrons. The number of sulfonamides is 1. The van der Waals surface area contributed by atoms with Gasteiger partial charge in [0.05, 0.1) is 6.20 Å². The first-order chi connectivity index (χ1) is 6.97. The zero-order valence-corrected chi connectivity index (χ0v) is 11.0. The summed E-state index contributed by atoms with van der Waals surface area (Å²) in [6.45, 7) is 3.92. The second kappa shape index (κ2) is 5.09. The van der Waals surface area contributed by atoms with Crippen LogP contribution in [-0.2, 0) is 10.0 Å². The van der Waals surface area contributed by atoms with E-state index in [9.17, 15) is 8.42 Å². The fourth-order valence-electron chi connectivity index (χ4n) is 1.00. The molecule has 1 unspecified atom stereocenters. The molecule has 2 N–H and O–H groups in total. The Bertz CT molecular complexity index is 388. The van der Waals surface area contributed by atoms with Crippen molar-refractivity contribution < 1.29 is 8.42 Å². The molecule has 86 valence electrons. The number of aromatic amines is 1. The highest BCUT2D eigenvalue weighted by Gasteiger charge is 2.22. The van der Waals surface area contributed by atoms with Gasteiger partial charge in [-0.2, -0.15) is 5.10 Å². The quantitative estimate of drug-likeness (QED) is 0.799. The van der Waals surface area contributed by atoms with Gasteiger partial charge in [0.2, 0.25) is 0 Å². The van der Waals surface area contributed by atoms with Crippen molar-refractivity contribution in [3.63, 3.8) is 0 Å². The van der Waals surface area contributed by atoms with Crippen LogP contribution in [0.5, 0.6) is 0 Å². The molecule has 0 amide bonds. The molecule has 5 nitrogen and oxygen atoms in total. The molecule has 0 aromatic carbocycles. The molecule has 0 bridgehead atoms. The Morgan fingerprint density at radius 1 is 1.60 bits per heavy atom. The molecule has 1 rings (SSSR count). The summed E-state index contributed by atoms with van der Waals surface area (Å²) in [6, 6.07) is 1.30. The number of halogens is 1. The number of hydrogen-bond donors (Lipinski definition) is 2. The van der Waals surface area contributed by atoms with Gasteiger partial charge in [-0.15, -0.1) is 0 Å². The zero-order chi connectivity index (χ0) is 11.5. The van der Waals surface area contributed by atoms with Gasteiger partial charge >= 0.3 is 0 Å². The first-order valence-electron chi connectivity index (χ1n) is 4.55. The van der Waals surface area contributed by atoms with Gasteiger partial charge in [0.1, 0.15) is 0 Å². The summed E-state index contributed by atoms with van der Waals surface area (Å²) in [5, 5.41) is 6.71. The van der Waals surface area contributed by atoms with E-state index in [0.29, 0.717) is 5.33 Å². The van der Waals surface area contributed by atoms with Gasteiger partial charge in [0.25, 0.3) is 10.0 Å². The van der Waals surface area contributed by atoms with Crippen LogP contribution in [-0.4, -0.2) is 30.0 Å². The van der Waals surface area contributed by atoms with Crippen LogP contribution < -0.4 is 4.72 Å². The number of nitrogens with one attached hydrogen (secondary N) is 2. The maximum Gasteiger partial charge on any atom is 0.257 e. The third kappa shape index (κ3) is 3.29. The lowest BCUT2D eigenvalue weighted by Crippen LogP contribution is -2.39. The average Bonchev–Trinajstić information content (AvgIpc) is 2.67. The van der Waals surface area contributed by atoms with Crippen molar-refractivity contribution >= 4 is 26.0 Å². The first-order valence-corrected chi connectivity index (χ1v) is 7.15. The van der Waals surface area contributed by atoms with Gasteiger partial charge in [-0.1, -0.05) is 29.8 Å². The van der Waals surface area contributed by atoms with Crippen molar-refractivity contribution in [2.24, 2.45) is 5.92 Å². The molecule has 1 atom stereocenters. The van der Waals surface area contributed by atoms with E-state index in [2.05, 4.69) is 30.8 Å². The van der Waals surface area contributed by atoms with Crippen molar-refractivity contribution in [2.45, 2.75) is 24.9 Å². The Labute approximate surface area is 97.8 Å². The van der Waals surface area contributed by atoms with Gasteiger partial charge in [-0.3, -0.25) is 5.10 Å². The molecule has 0 saturated carbocycles. The molecule has 0 spiro atoms. The molecule has 7 heteroatoms. The number of alkyl halides is 1. The summed E-state index contributed by atoms with van der Waals surface area (Å²) in [6.07, 6.45) is 1.41. The molecule has 1 aromatic rings. The van der Waals surface area contributed by atoms with Crippen LogP contribution in [0.3, 0.4) is 0 Å². The van der Waals surface area contributed by atoms with Gasteiger partial charge in [0.15, 0.2) is 5.03 Å². The largest absolute Gasteiger partial charge is 0.266 e. The minimum Gasteiger partial charge on any atom is -0.266 e. The average molecular weight is 296 g/mol. The molecule has 0 aliphatic heterocycles. The smallest absolute Gasteiger partial charge is 0.257 e. The molecule has 1 aromatic heterocycles. The fourth-order valence-corrected chi connectivity index (χ4v) is 3.42. The SMILES string of the molecule is CC(C)C(CBr)NS(=O)(=O)c1ccn[nH]1. The van der Waals surface area contributed by atoms with Crippen LogP contribution in [0.1, 0.15) is 13.8 Å². The Kier molecular flexibility index (Phi) is 4.30. The van der Waals surface area contributed by atoms with Gasteiger partial charge < -0.3 is 0 Å². The van der Waals surface area contributed by atoms with Crippen molar-refractivity contribution in [3.8, 4) is 0 Å². The van der Waals surface area contributed by atoms with E-state index in [1.807, 2.05) is 13.8 Å². The van der Waals surface area contributed by atoms with Crippen LogP contribution in [0.2, 0.25) is 0 Å². The Hall–Kier alpha value is -0.400. The molecule has 0 saturated heterocycles. The Balaban J connectivity index is 2.81. The van der Waals surface area contributed by atoms with Crippen LogP contribution in [0.4, 0.5) is 0 Å². The minimum absolute atomic E-state index is 0.0918. The van der Waals surface area contributed by atoms with Crippen molar-refractivity contribution in [2.75, 3.05) is 5.33 Å². The Morgan fingerprint density at radius 2 is 2.27 bits per heavy atom. The van der Waals surface area contributed by atoms with E-state index in [0.717, 1.165) is 0 Å². The number of hydrogen-bond acceptors (Lipinski definition) is 3. The van der Waals surface area contributed by atoms with Crippen LogP contribution in [0, 0.1) is 5.92 Å². The van der Waals surface area contributed by atoms with E-state index in [4.69, 9.17) is 0 Å². The summed E-state index contributed by atoms with van der Waals surface area (Å²) in [5.41, 5.74) is 0. The second-order valence-electron chi connectivity index (χ2n) is 3.55. The predicted molar refractivity (Wildman–Crippen MR) is 61.3 cm³/mol. The monoisotopic (exact) mass is 295 g/mol. The van der Waals surface area contributed by atoms with Crippen LogP contribution in [0.25, 0.3) is 0 Å². The summed E-state index contributed by atoms with van der Waals surface area (Å²) in [5.74, 6) is 0.224. The molecule has 1 heterocycles. The second-order valence-corrected chi connectivity index (χ2v) is 5.88. The molecule has 0 aliphatic rings. The Morgan fingerprint density at radius 3 is 2.67 bits per heavy atom. The maximum absolute atomic E-state index is 11.8. The van der Waals surface area contributed by atoms with E-state index in [-0.39, 0.29) is 17.0 Å². The van der Waals surface area contributed by atoms with Gasteiger partial charge in [-0.25, -0.2) is 13.1 Å². The topological polar surface area (TPSA) is 74.8 Å². The van der Waals surface area contributed by atoms with Gasteiger partial charge in [0, 0.05) is 11.4 Å². The highest BCUT2D eigenvalue weighted by atomic mass is 79.9. The summed E-state index contributed by atoms with van der Waals surface area (Å²) in [4.78, 5) is 0. The third-order valence-electron chi connectivity index (χ3n) is 2.04. The van der Waals surface area contributed by atoms with Crippen LogP contribution >= 0.6 is 15.9 Å². The van der Waals surface area contributed by atoms with Gasteiger partial charge in [-0.05, 0) is 12.0 Å². The number of H-pyrrole nitrogens is 1.